The molecule has 262 valence electrons. The zero-order chi connectivity index (χ0) is 35.6. The molecule has 1 amide bonds. The monoisotopic (exact) mass is 718 g/mol. The molecule has 50 heavy (non-hydrogen) atoms. The van der Waals surface area contributed by atoms with Gasteiger partial charge in [-0.1, -0.05) is 26.0 Å². The molecule has 15 heteroatoms. The summed E-state index contributed by atoms with van der Waals surface area (Å²) in [5.74, 6) is 2.68. The number of aromatic nitrogens is 4. The Morgan fingerprint density at radius 3 is 2.48 bits per heavy atom. The van der Waals surface area contributed by atoms with Gasteiger partial charge >= 0.3 is 0 Å². The number of imidazole rings is 1. The molecular formula is C35H39ClN8O5S. The van der Waals surface area contributed by atoms with Crippen molar-refractivity contribution in [1.82, 2.24) is 28.4 Å². The lowest BCUT2D eigenvalue weighted by Gasteiger charge is -2.37. The SMILES string of the molecule is COc1ccc(CN(C(C#N)CCCl)S(=O)(=O)c2cc(N3CCN(C(=O)C(C)C)CC3)c3ncc(-c4cc5n(n4)CCCC5=C=O)n3c2)cc1. The molecule has 1 fully saturated rings. The second-order valence-corrected chi connectivity index (χ2v) is 15.0. The van der Waals surface area contributed by atoms with E-state index in [-0.39, 0.29) is 35.6 Å². The summed E-state index contributed by atoms with van der Waals surface area (Å²) in [6.45, 7) is 6.18. The van der Waals surface area contributed by atoms with E-state index >= 15 is 0 Å². The Bertz CT molecular complexity index is 2090. The average molecular weight is 719 g/mol. The van der Waals surface area contributed by atoms with Crippen LogP contribution in [0.15, 0.2) is 53.7 Å². The minimum absolute atomic E-state index is 0.0410. The Kier molecular flexibility index (Phi) is 10.3. The molecule has 0 N–H and O–H groups in total. The second-order valence-electron chi connectivity index (χ2n) is 12.7. The fourth-order valence-corrected chi connectivity index (χ4v) is 8.30. The first-order chi connectivity index (χ1) is 24.1. The Labute approximate surface area is 296 Å². The molecule has 13 nitrogen and oxygen atoms in total. The van der Waals surface area contributed by atoms with Crippen molar-refractivity contribution < 1.29 is 22.7 Å². The number of aryl methyl sites for hydroxylation is 1. The summed E-state index contributed by atoms with van der Waals surface area (Å²) in [5, 5.41) is 15.0. The maximum Gasteiger partial charge on any atom is 0.246 e. The minimum Gasteiger partial charge on any atom is -0.497 e. The molecule has 0 radical (unpaired) electrons. The molecule has 2 aliphatic rings. The van der Waals surface area contributed by atoms with Crippen molar-refractivity contribution in [3.63, 3.8) is 0 Å². The maximum absolute atomic E-state index is 14.8. The molecule has 0 spiro atoms. The Balaban J connectivity index is 1.48. The van der Waals surface area contributed by atoms with Crippen LogP contribution in [-0.4, -0.2) is 93.8 Å². The second kappa shape index (κ2) is 14.7. The Hall–Kier alpha value is -4.67. The van der Waals surface area contributed by atoms with Crippen molar-refractivity contribution in [1.29, 1.82) is 5.26 Å². The van der Waals surface area contributed by atoms with Gasteiger partial charge in [-0.15, -0.1) is 11.6 Å². The first kappa shape index (κ1) is 35.2. The van der Waals surface area contributed by atoms with Crippen LogP contribution in [-0.2, 0) is 32.7 Å². The van der Waals surface area contributed by atoms with Gasteiger partial charge in [0.1, 0.15) is 28.3 Å². The summed E-state index contributed by atoms with van der Waals surface area (Å²) in [4.78, 5) is 33.0. The number of piperazine rings is 1. The average Bonchev–Trinajstić information content (AvgIpc) is 3.77. The number of nitrogens with zero attached hydrogens (tertiary/aromatic N) is 8. The van der Waals surface area contributed by atoms with Crippen LogP contribution < -0.4 is 9.64 Å². The largest absolute Gasteiger partial charge is 0.497 e. The van der Waals surface area contributed by atoms with Gasteiger partial charge in [0, 0.05) is 57.3 Å². The predicted molar refractivity (Wildman–Crippen MR) is 189 cm³/mol. The van der Waals surface area contributed by atoms with Crippen LogP contribution >= 0.6 is 11.6 Å². The number of ether oxygens (including phenoxy) is 1. The highest BCUT2D eigenvalue weighted by Crippen LogP contribution is 2.34. The fraction of sp³-hybridized carbons (Fsp3) is 0.429. The molecule has 4 aromatic rings. The van der Waals surface area contributed by atoms with E-state index in [4.69, 9.17) is 26.4 Å². The summed E-state index contributed by atoms with van der Waals surface area (Å²) in [7, 11) is -2.78. The van der Waals surface area contributed by atoms with Crippen LogP contribution in [0.5, 0.6) is 5.75 Å². The van der Waals surface area contributed by atoms with E-state index in [1.54, 1.807) is 52.7 Å². The number of benzene rings is 1. The van der Waals surface area contributed by atoms with Crippen molar-refractivity contribution >= 4 is 50.4 Å². The maximum atomic E-state index is 14.8. The van der Waals surface area contributed by atoms with Crippen LogP contribution in [0.1, 0.15) is 44.4 Å². The number of carbonyl (C=O) groups is 1. The highest BCUT2D eigenvalue weighted by molar-refractivity contribution is 7.89. The fourth-order valence-electron chi connectivity index (χ4n) is 6.52. The third-order valence-corrected chi connectivity index (χ3v) is 11.3. The molecule has 0 aliphatic carbocycles. The van der Waals surface area contributed by atoms with E-state index in [9.17, 15) is 23.3 Å². The van der Waals surface area contributed by atoms with E-state index in [1.807, 2.05) is 35.7 Å². The van der Waals surface area contributed by atoms with Gasteiger partial charge < -0.3 is 14.5 Å². The molecule has 5 heterocycles. The number of hydrogen-bond donors (Lipinski definition) is 0. The number of amides is 1. The number of alkyl halides is 1. The molecule has 1 atom stereocenters. The summed E-state index contributed by atoms with van der Waals surface area (Å²) in [6.07, 6.45) is 4.65. The van der Waals surface area contributed by atoms with Crippen molar-refractivity contribution in [3.05, 3.63) is 60.0 Å². The molecule has 1 unspecified atom stereocenters. The van der Waals surface area contributed by atoms with E-state index in [1.165, 1.54) is 10.5 Å². The van der Waals surface area contributed by atoms with E-state index in [0.29, 0.717) is 84.4 Å². The molecule has 3 aromatic heterocycles. The van der Waals surface area contributed by atoms with Gasteiger partial charge in [0.2, 0.25) is 15.9 Å². The van der Waals surface area contributed by atoms with E-state index in [0.717, 1.165) is 6.42 Å². The van der Waals surface area contributed by atoms with Crippen LogP contribution in [0.25, 0.3) is 22.6 Å². The van der Waals surface area contributed by atoms with Crippen molar-refractivity contribution in [3.8, 4) is 23.2 Å². The highest BCUT2D eigenvalue weighted by atomic mass is 35.5. The van der Waals surface area contributed by atoms with Gasteiger partial charge in [-0.25, -0.2) is 18.2 Å². The lowest BCUT2D eigenvalue weighted by molar-refractivity contribution is -0.134. The number of methoxy groups -OCH3 is 1. The molecule has 2 aliphatic heterocycles. The molecule has 1 saturated heterocycles. The molecular weight excluding hydrogens is 680 g/mol. The summed E-state index contributed by atoms with van der Waals surface area (Å²) in [6, 6.07) is 11.5. The Morgan fingerprint density at radius 2 is 1.84 bits per heavy atom. The lowest BCUT2D eigenvalue weighted by atomic mass is 10.0. The minimum atomic E-state index is -4.33. The summed E-state index contributed by atoms with van der Waals surface area (Å²) in [5.41, 5.74) is 4.04. The number of anilines is 1. The molecule has 0 bridgehead atoms. The van der Waals surface area contributed by atoms with Gasteiger partial charge in [-0.05, 0) is 49.1 Å². The zero-order valence-corrected chi connectivity index (χ0v) is 29.8. The number of pyridine rings is 1. The van der Waals surface area contributed by atoms with Gasteiger partial charge in [0.25, 0.3) is 0 Å². The van der Waals surface area contributed by atoms with Crippen LogP contribution in [0.4, 0.5) is 5.69 Å². The topological polar surface area (TPSA) is 146 Å². The van der Waals surface area contributed by atoms with E-state index in [2.05, 4.69) is 6.07 Å². The summed E-state index contributed by atoms with van der Waals surface area (Å²) >= 11 is 6.08. The highest BCUT2D eigenvalue weighted by Gasteiger charge is 2.34. The third kappa shape index (κ3) is 6.74. The molecule has 6 rings (SSSR count). The quantitative estimate of drug-likeness (QED) is 0.164. The number of sulfonamides is 1. The number of nitriles is 1. The van der Waals surface area contributed by atoms with Crippen LogP contribution in [0.2, 0.25) is 0 Å². The molecule has 0 saturated carbocycles. The number of carbonyl (C=O) groups excluding carboxylic acids is 2. The van der Waals surface area contributed by atoms with Crippen molar-refractivity contribution in [2.24, 2.45) is 5.92 Å². The lowest BCUT2D eigenvalue weighted by Crippen LogP contribution is -2.50. The Morgan fingerprint density at radius 1 is 1.10 bits per heavy atom. The van der Waals surface area contributed by atoms with Gasteiger partial charge in [-0.3, -0.25) is 13.9 Å². The van der Waals surface area contributed by atoms with Gasteiger partial charge in [-0.2, -0.15) is 14.7 Å². The van der Waals surface area contributed by atoms with Gasteiger partial charge in [0.05, 0.1) is 42.0 Å². The third-order valence-electron chi connectivity index (χ3n) is 9.24. The number of rotatable bonds is 11. The molecule has 1 aromatic carbocycles. The first-order valence-corrected chi connectivity index (χ1v) is 18.5. The number of halogens is 1. The van der Waals surface area contributed by atoms with E-state index < -0.39 is 16.1 Å². The van der Waals surface area contributed by atoms with Crippen molar-refractivity contribution in [2.75, 3.05) is 44.1 Å². The van der Waals surface area contributed by atoms with Crippen LogP contribution in [0.3, 0.4) is 0 Å². The zero-order valence-electron chi connectivity index (χ0n) is 28.2. The summed E-state index contributed by atoms with van der Waals surface area (Å²) < 4.78 is 39.5. The number of allylic oxidation sites excluding steroid dienone is 1. The number of hydrogen-bond acceptors (Lipinski definition) is 9. The van der Waals surface area contributed by atoms with Crippen molar-refractivity contribution in [2.45, 2.75) is 57.1 Å². The van der Waals surface area contributed by atoms with Crippen LogP contribution in [0, 0.1) is 17.2 Å². The standard InChI is InChI=1S/C35H39ClN8O5S/c1-24(2)35(46)41-15-13-40(14-16-41)32-17-29(50(47,48)44(27(19-37)10-11-36)21-25-6-8-28(49-3)9-7-25)22-42-33(20-38-34(32)42)30-18-31-26(23-45)5-4-12-43(31)39-30/h6-9,17-18,20,22,24,27H,4-5,10-16,21H2,1-3H3. The normalized spacial score (nSPS) is 15.7. The predicted octanol–water partition coefficient (Wildman–Crippen LogP) is 4.23. The number of fused-ring (bicyclic) bond motifs is 2. The van der Waals surface area contributed by atoms with Gasteiger partial charge in [0.15, 0.2) is 5.65 Å². The first-order valence-electron chi connectivity index (χ1n) is 16.6. The smallest absolute Gasteiger partial charge is 0.246 e.